The van der Waals surface area contributed by atoms with E-state index < -0.39 is 10.0 Å². The number of amides is 1. The van der Waals surface area contributed by atoms with Crippen LogP contribution in [0.5, 0.6) is 0 Å². The Morgan fingerprint density at radius 3 is 2.48 bits per heavy atom. The lowest BCUT2D eigenvalue weighted by molar-refractivity contribution is -0.116. The third-order valence-corrected chi connectivity index (χ3v) is 7.02. The molecule has 1 aliphatic heterocycles. The summed E-state index contributed by atoms with van der Waals surface area (Å²) < 4.78 is 26.1. The molecule has 1 aliphatic rings. The lowest BCUT2D eigenvalue weighted by atomic mass is 10.00. The molecule has 0 spiro atoms. The number of hydrogen-bond donors (Lipinski definition) is 1. The molecule has 0 aliphatic carbocycles. The predicted octanol–water partition coefficient (Wildman–Crippen LogP) is 3.18. The van der Waals surface area contributed by atoms with Gasteiger partial charge in [-0.1, -0.05) is 37.3 Å². The van der Waals surface area contributed by atoms with Crippen LogP contribution in [-0.4, -0.2) is 50.2 Å². The van der Waals surface area contributed by atoms with E-state index >= 15 is 0 Å². The number of anilines is 1. The highest BCUT2D eigenvalue weighted by Gasteiger charge is 2.22. The first kappa shape index (κ1) is 21.5. The molecule has 1 N–H and O–H groups in total. The van der Waals surface area contributed by atoms with Crippen LogP contribution in [0.1, 0.15) is 25.3 Å². The largest absolute Gasteiger partial charge is 0.325 e. The number of hydrogen-bond acceptors (Lipinski definition) is 4. The lowest BCUT2D eigenvalue weighted by Crippen LogP contribution is -2.35. The second-order valence-electron chi connectivity index (χ2n) is 7.80. The number of carbonyl (C=O) groups excluding carboxylic acids is 1. The van der Waals surface area contributed by atoms with E-state index in [4.69, 9.17) is 0 Å². The molecule has 6 nitrogen and oxygen atoms in total. The van der Waals surface area contributed by atoms with E-state index in [0.29, 0.717) is 5.69 Å². The Morgan fingerprint density at radius 1 is 1.14 bits per heavy atom. The Morgan fingerprint density at radius 2 is 1.83 bits per heavy atom. The Hall–Kier alpha value is -2.22. The number of nitrogens with zero attached hydrogens (tertiary/aromatic N) is 2. The molecular weight excluding hydrogens is 386 g/mol. The number of benzene rings is 2. The van der Waals surface area contributed by atoms with Crippen LogP contribution < -0.4 is 5.32 Å². The Balaban J connectivity index is 1.54. The van der Waals surface area contributed by atoms with Gasteiger partial charge in [0.05, 0.1) is 11.4 Å². The summed E-state index contributed by atoms with van der Waals surface area (Å²) in [6.45, 7) is 5.22. The molecule has 29 heavy (non-hydrogen) atoms. The molecular formula is C22H29N3O3S. The van der Waals surface area contributed by atoms with Gasteiger partial charge in [0.15, 0.2) is 0 Å². The molecule has 2 aromatic rings. The maximum atomic E-state index is 12.5. The van der Waals surface area contributed by atoms with Gasteiger partial charge in [-0.2, -0.15) is 4.31 Å². The quantitative estimate of drug-likeness (QED) is 0.754. The van der Waals surface area contributed by atoms with E-state index in [1.54, 1.807) is 18.2 Å². The smallest absolute Gasteiger partial charge is 0.243 e. The predicted molar refractivity (Wildman–Crippen MR) is 115 cm³/mol. The number of carbonyl (C=O) groups is 1. The summed E-state index contributed by atoms with van der Waals surface area (Å²) in [5, 5.41) is 2.78. The zero-order valence-corrected chi connectivity index (χ0v) is 17.9. The normalized spacial score (nSPS) is 18.0. The molecule has 0 bridgehead atoms. The Kier molecular flexibility index (Phi) is 7.05. The fourth-order valence-corrected chi connectivity index (χ4v) is 4.79. The van der Waals surface area contributed by atoms with Gasteiger partial charge in [-0.15, -0.1) is 0 Å². The van der Waals surface area contributed by atoms with Crippen LogP contribution in [0.2, 0.25) is 0 Å². The zero-order valence-electron chi connectivity index (χ0n) is 17.0. The number of nitrogens with one attached hydrogen (secondary N) is 1. The first-order valence-corrected chi connectivity index (χ1v) is 11.4. The van der Waals surface area contributed by atoms with Crippen molar-refractivity contribution < 1.29 is 13.2 Å². The minimum atomic E-state index is -3.69. The average Bonchev–Trinajstić information content (AvgIpc) is 2.70. The van der Waals surface area contributed by atoms with Crippen LogP contribution in [-0.2, 0) is 21.4 Å². The summed E-state index contributed by atoms with van der Waals surface area (Å²) >= 11 is 0. The van der Waals surface area contributed by atoms with E-state index in [1.807, 2.05) is 24.3 Å². The van der Waals surface area contributed by atoms with Crippen LogP contribution in [0.3, 0.4) is 0 Å². The molecule has 3 rings (SSSR count). The fraction of sp³-hybridized carbons (Fsp3) is 0.409. The first-order valence-electron chi connectivity index (χ1n) is 9.97. The van der Waals surface area contributed by atoms with Crippen molar-refractivity contribution in [2.45, 2.75) is 31.2 Å². The summed E-state index contributed by atoms with van der Waals surface area (Å²) in [6, 6.07) is 15.9. The van der Waals surface area contributed by atoms with Gasteiger partial charge in [0.2, 0.25) is 15.9 Å². The minimum Gasteiger partial charge on any atom is -0.325 e. The number of rotatable bonds is 7. The fourth-order valence-electron chi connectivity index (χ4n) is 3.64. The monoisotopic (exact) mass is 415 g/mol. The van der Waals surface area contributed by atoms with Crippen LogP contribution in [0.4, 0.5) is 5.69 Å². The molecule has 1 unspecified atom stereocenters. The van der Waals surface area contributed by atoms with Crippen molar-refractivity contribution in [3.63, 3.8) is 0 Å². The lowest BCUT2D eigenvalue weighted by Gasteiger charge is -2.30. The third kappa shape index (κ3) is 5.88. The van der Waals surface area contributed by atoms with Crippen molar-refractivity contribution in [2.75, 3.05) is 32.0 Å². The Bertz CT molecular complexity index is 914. The van der Waals surface area contributed by atoms with Crippen LogP contribution in [0.15, 0.2) is 59.5 Å². The molecule has 1 heterocycles. The van der Waals surface area contributed by atoms with Crippen molar-refractivity contribution in [3.8, 4) is 0 Å². The summed E-state index contributed by atoms with van der Waals surface area (Å²) in [4.78, 5) is 14.9. The van der Waals surface area contributed by atoms with Crippen molar-refractivity contribution >= 4 is 21.6 Å². The van der Waals surface area contributed by atoms with E-state index in [9.17, 15) is 13.2 Å². The SMILES string of the molecule is CC1CCCN(Cc2ccc(NC(=O)CN(C)S(=O)(=O)c3ccccc3)cc2)C1. The van der Waals surface area contributed by atoms with E-state index in [1.165, 1.54) is 37.6 Å². The first-order chi connectivity index (χ1) is 13.8. The highest BCUT2D eigenvalue weighted by atomic mass is 32.2. The molecule has 156 valence electrons. The second kappa shape index (κ2) is 9.52. The summed E-state index contributed by atoms with van der Waals surface area (Å²) in [7, 11) is -2.28. The maximum absolute atomic E-state index is 12.5. The van der Waals surface area contributed by atoms with Crippen molar-refractivity contribution in [3.05, 3.63) is 60.2 Å². The van der Waals surface area contributed by atoms with E-state index in [2.05, 4.69) is 17.1 Å². The summed E-state index contributed by atoms with van der Waals surface area (Å²) in [6.07, 6.45) is 2.55. The topological polar surface area (TPSA) is 69.7 Å². The maximum Gasteiger partial charge on any atom is 0.243 e. The average molecular weight is 416 g/mol. The molecule has 0 radical (unpaired) electrons. The number of likely N-dealkylation sites (tertiary alicyclic amines) is 1. The summed E-state index contributed by atoms with van der Waals surface area (Å²) in [5.41, 5.74) is 1.87. The molecule has 2 aromatic carbocycles. The van der Waals surface area contributed by atoms with Gasteiger partial charge < -0.3 is 5.32 Å². The van der Waals surface area contributed by atoms with Gasteiger partial charge in [-0.25, -0.2) is 8.42 Å². The highest BCUT2D eigenvalue weighted by Crippen LogP contribution is 2.19. The van der Waals surface area contributed by atoms with Gasteiger partial charge in [0.25, 0.3) is 0 Å². The van der Waals surface area contributed by atoms with Gasteiger partial charge in [-0.3, -0.25) is 9.69 Å². The van der Waals surface area contributed by atoms with Crippen molar-refractivity contribution in [1.82, 2.24) is 9.21 Å². The molecule has 7 heteroatoms. The standard InChI is InChI=1S/C22H29N3O3S/c1-18-7-6-14-25(15-18)16-19-10-12-20(13-11-19)23-22(26)17-24(2)29(27,28)21-8-4-3-5-9-21/h3-5,8-13,18H,6-7,14-17H2,1-2H3,(H,23,26). The van der Waals surface area contributed by atoms with Crippen molar-refractivity contribution in [2.24, 2.45) is 5.92 Å². The third-order valence-electron chi connectivity index (χ3n) is 5.20. The summed E-state index contributed by atoms with van der Waals surface area (Å²) in [5.74, 6) is 0.371. The van der Waals surface area contributed by atoms with Gasteiger partial charge in [0, 0.05) is 25.8 Å². The van der Waals surface area contributed by atoms with Crippen LogP contribution in [0.25, 0.3) is 0 Å². The molecule has 1 amide bonds. The molecule has 1 saturated heterocycles. The minimum absolute atomic E-state index is 0.173. The molecule has 1 atom stereocenters. The van der Waals surface area contributed by atoms with Gasteiger partial charge in [-0.05, 0) is 55.1 Å². The van der Waals surface area contributed by atoms with Crippen molar-refractivity contribution in [1.29, 1.82) is 0 Å². The zero-order chi connectivity index (χ0) is 20.9. The number of piperidine rings is 1. The number of sulfonamides is 1. The van der Waals surface area contributed by atoms with Crippen LogP contribution in [0, 0.1) is 5.92 Å². The highest BCUT2D eigenvalue weighted by molar-refractivity contribution is 7.89. The van der Waals surface area contributed by atoms with Gasteiger partial charge in [0.1, 0.15) is 0 Å². The van der Waals surface area contributed by atoms with E-state index in [-0.39, 0.29) is 17.3 Å². The molecule has 0 aromatic heterocycles. The molecule has 1 fully saturated rings. The number of likely N-dealkylation sites (N-methyl/N-ethyl adjacent to an activating group) is 1. The molecule has 0 saturated carbocycles. The Labute approximate surface area is 173 Å². The van der Waals surface area contributed by atoms with E-state index in [0.717, 1.165) is 29.9 Å². The second-order valence-corrected chi connectivity index (χ2v) is 9.85. The van der Waals surface area contributed by atoms with Crippen LogP contribution >= 0.6 is 0 Å². The van der Waals surface area contributed by atoms with Gasteiger partial charge >= 0.3 is 0 Å².